The fourth-order valence-corrected chi connectivity index (χ4v) is 0.946. The van der Waals surface area contributed by atoms with E-state index in [-0.39, 0.29) is 5.97 Å². The Hall–Kier alpha value is -1.36. The van der Waals surface area contributed by atoms with Crippen molar-refractivity contribution in [3.05, 3.63) is 18.7 Å². The van der Waals surface area contributed by atoms with Gasteiger partial charge in [-0.3, -0.25) is 4.79 Å². The molecule has 72 valence electrons. The number of nitrogens with two attached hydrogens (primary N) is 1. The normalized spacial score (nSPS) is 12.5. The van der Waals surface area contributed by atoms with Crippen LogP contribution < -0.4 is 5.73 Å². The van der Waals surface area contributed by atoms with E-state index in [2.05, 4.69) is 4.98 Å². The fraction of sp³-hybridized carbons (Fsp3) is 0.500. The Balaban J connectivity index is 2.41. The van der Waals surface area contributed by atoms with Crippen LogP contribution in [0.2, 0.25) is 0 Å². The summed E-state index contributed by atoms with van der Waals surface area (Å²) in [6.45, 7) is 2.51. The van der Waals surface area contributed by atoms with Crippen LogP contribution in [0.15, 0.2) is 18.7 Å². The van der Waals surface area contributed by atoms with E-state index in [9.17, 15) is 4.79 Å². The van der Waals surface area contributed by atoms with Crippen LogP contribution in [-0.4, -0.2) is 28.2 Å². The zero-order valence-electron chi connectivity index (χ0n) is 7.51. The van der Waals surface area contributed by atoms with Crippen molar-refractivity contribution in [2.24, 2.45) is 5.73 Å². The van der Waals surface area contributed by atoms with E-state index in [1.807, 2.05) is 0 Å². The zero-order valence-corrected chi connectivity index (χ0v) is 7.51. The molecule has 5 nitrogen and oxygen atoms in total. The summed E-state index contributed by atoms with van der Waals surface area (Å²) in [6.07, 6.45) is 5.00. The van der Waals surface area contributed by atoms with Crippen molar-refractivity contribution in [3.63, 3.8) is 0 Å². The Morgan fingerprint density at radius 3 is 3.08 bits per heavy atom. The number of rotatable bonds is 4. The van der Waals surface area contributed by atoms with Gasteiger partial charge in [-0.2, -0.15) is 0 Å². The minimum atomic E-state index is -0.617. The number of nitrogens with zero attached hydrogens (tertiary/aromatic N) is 2. The molecule has 0 saturated heterocycles. The summed E-state index contributed by atoms with van der Waals surface area (Å²) in [5.41, 5.74) is 5.57. The molecule has 0 radical (unpaired) electrons. The smallest absolute Gasteiger partial charge is 0.324 e. The molecular weight excluding hydrogens is 170 g/mol. The molecule has 0 fully saturated rings. The number of hydrogen-bond acceptors (Lipinski definition) is 4. The molecular formula is C8H13N3O2. The Labute approximate surface area is 76.5 Å². The van der Waals surface area contributed by atoms with Gasteiger partial charge in [0.2, 0.25) is 0 Å². The summed E-state index contributed by atoms with van der Waals surface area (Å²) < 4.78 is 6.49. The van der Waals surface area contributed by atoms with Crippen molar-refractivity contribution < 1.29 is 9.53 Å². The van der Waals surface area contributed by atoms with Crippen LogP contribution >= 0.6 is 0 Å². The van der Waals surface area contributed by atoms with E-state index in [0.717, 1.165) is 0 Å². The first-order chi connectivity index (χ1) is 6.24. The SMILES string of the molecule is CCOC(=O)C(N)Cn1ccnc1. The molecule has 0 saturated carbocycles. The van der Waals surface area contributed by atoms with Crippen molar-refractivity contribution >= 4 is 5.97 Å². The molecule has 1 aromatic rings. The molecule has 0 bridgehead atoms. The van der Waals surface area contributed by atoms with Gasteiger partial charge in [0.25, 0.3) is 0 Å². The summed E-state index contributed by atoms with van der Waals surface area (Å²) in [7, 11) is 0. The predicted molar refractivity (Wildman–Crippen MR) is 46.8 cm³/mol. The quantitative estimate of drug-likeness (QED) is 0.655. The Bertz CT molecular complexity index is 258. The number of hydrogen-bond donors (Lipinski definition) is 1. The van der Waals surface area contributed by atoms with E-state index in [0.29, 0.717) is 13.2 Å². The monoisotopic (exact) mass is 183 g/mol. The Morgan fingerprint density at radius 2 is 2.54 bits per heavy atom. The van der Waals surface area contributed by atoms with E-state index >= 15 is 0 Å². The molecule has 0 spiro atoms. The highest BCUT2D eigenvalue weighted by Crippen LogP contribution is 1.92. The van der Waals surface area contributed by atoms with Gasteiger partial charge >= 0.3 is 5.97 Å². The van der Waals surface area contributed by atoms with Crippen molar-refractivity contribution in [2.45, 2.75) is 19.5 Å². The molecule has 0 aliphatic rings. The van der Waals surface area contributed by atoms with Gasteiger partial charge in [-0.25, -0.2) is 4.98 Å². The number of imidazole rings is 1. The molecule has 1 aromatic heterocycles. The van der Waals surface area contributed by atoms with E-state index in [1.165, 1.54) is 0 Å². The molecule has 1 rings (SSSR count). The molecule has 0 aromatic carbocycles. The Morgan fingerprint density at radius 1 is 1.77 bits per heavy atom. The van der Waals surface area contributed by atoms with Crippen LogP contribution in [0.4, 0.5) is 0 Å². The van der Waals surface area contributed by atoms with Crippen molar-refractivity contribution in [3.8, 4) is 0 Å². The molecule has 0 amide bonds. The summed E-state index contributed by atoms with van der Waals surface area (Å²) in [5.74, 6) is -0.379. The molecule has 1 heterocycles. The summed E-state index contributed by atoms with van der Waals surface area (Å²) in [6, 6.07) is -0.617. The highest BCUT2D eigenvalue weighted by molar-refractivity contribution is 5.75. The largest absolute Gasteiger partial charge is 0.465 e. The second kappa shape index (κ2) is 4.61. The minimum Gasteiger partial charge on any atom is -0.465 e. The fourth-order valence-electron chi connectivity index (χ4n) is 0.946. The lowest BCUT2D eigenvalue weighted by Crippen LogP contribution is -2.36. The standard InChI is InChI=1S/C8H13N3O2/c1-2-13-8(12)7(9)5-11-4-3-10-6-11/h3-4,6-7H,2,5,9H2,1H3. The molecule has 1 atom stereocenters. The predicted octanol–water partition coefficient (Wildman–Crippen LogP) is -0.226. The molecule has 2 N–H and O–H groups in total. The van der Waals surface area contributed by atoms with Gasteiger partial charge in [0.05, 0.1) is 12.9 Å². The molecule has 13 heavy (non-hydrogen) atoms. The van der Waals surface area contributed by atoms with Gasteiger partial charge in [0.15, 0.2) is 0 Å². The van der Waals surface area contributed by atoms with Crippen LogP contribution in [0.5, 0.6) is 0 Å². The van der Waals surface area contributed by atoms with Gasteiger partial charge in [-0.15, -0.1) is 0 Å². The van der Waals surface area contributed by atoms with Crippen molar-refractivity contribution in [2.75, 3.05) is 6.61 Å². The average Bonchev–Trinajstić information content (AvgIpc) is 2.57. The maximum atomic E-state index is 11.1. The first kappa shape index (κ1) is 9.73. The first-order valence-electron chi connectivity index (χ1n) is 4.12. The van der Waals surface area contributed by atoms with Gasteiger partial charge in [0.1, 0.15) is 6.04 Å². The highest BCUT2D eigenvalue weighted by Gasteiger charge is 2.14. The van der Waals surface area contributed by atoms with E-state index < -0.39 is 6.04 Å². The number of aromatic nitrogens is 2. The molecule has 0 aliphatic heterocycles. The second-order valence-corrected chi connectivity index (χ2v) is 2.62. The third kappa shape index (κ3) is 2.87. The van der Waals surface area contributed by atoms with Gasteiger partial charge in [0, 0.05) is 18.9 Å². The number of esters is 1. The minimum absolute atomic E-state index is 0.358. The van der Waals surface area contributed by atoms with Crippen molar-refractivity contribution in [1.82, 2.24) is 9.55 Å². The lowest BCUT2D eigenvalue weighted by atomic mass is 10.3. The van der Waals surface area contributed by atoms with Crippen LogP contribution in [0.1, 0.15) is 6.92 Å². The topological polar surface area (TPSA) is 70.1 Å². The molecule has 0 aliphatic carbocycles. The van der Waals surface area contributed by atoms with E-state index in [1.54, 1.807) is 30.2 Å². The lowest BCUT2D eigenvalue weighted by molar-refractivity contribution is -0.145. The van der Waals surface area contributed by atoms with Crippen LogP contribution in [0.3, 0.4) is 0 Å². The second-order valence-electron chi connectivity index (χ2n) is 2.62. The number of carbonyl (C=O) groups excluding carboxylic acids is 1. The summed E-state index contributed by atoms with van der Waals surface area (Å²) >= 11 is 0. The van der Waals surface area contributed by atoms with Gasteiger partial charge in [-0.1, -0.05) is 0 Å². The maximum absolute atomic E-state index is 11.1. The Kier molecular flexibility index (Phi) is 3.45. The van der Waals surface area contributed by atoms with Crippen LogP contribution in [0, 0.1) is 0 Å². The van der Waals surface area contributed by atoms with Crippen LogP contribution in [0.25, 0.3) is 0 Å². The van der Waals surface area contributed by atoms with Gasteiger partial charge in [-0.05, 0) is 6.92 Å². The average molecular weight is 183 g/mol. The third-order valence-corrected chi connectivity index (χ3v) is 1.56. The zero-order chi connectivity index (χ0) is 9.68. The molecule has 1 unspecified atom stereocenters. The third-order valence-electron chi connectivity index (χ3n) is 1.56. The maximum Gasteiger partial charge on any atom is 0.324 e. The highest BCUT2D eigenvalue weighted by atomic mass is 16.5. The molecule has 5 heteroatoms. The first-order valence-corrected chi connectivity index (χ1v) is 4.12. The van der Waals surface area contributed by atoms with E-state index in [4.69, 9.17) is 10.5 Å². The number of carbonyl (C=O) groups is 1. The van der Waals surface area contributed by atoms with Crippen LogP contribution in [-0.2, 0) is 16.1 Å². The number of ether oxygens (including phenoxy) is 1. The lowest BCUT2D eigenvalue weighted by Gasteiger charge is -2.10. The summed E-state index contributed by atoms with van der Waals surface area (Å²) in [4.78, 5) is 14.9. The summed E-state index contributed by atoms with van der Waals surface area (Å²) in [5, 5.41) is 0. The van der Waals surface area contributed by atoms with Gasteiger partial charge < -0.3 is 15.0 Å². The van der Waals surface area contributed by atoms with Crippen molar-refractivity contribution in [1.29, 1.82) is 0 Å².